The number of nitrogens with one attached hydrogen (secondary N) is 1. The Morgan fingerprint density at radius 3 is 2.12 bits per heavy atom. The number of sulfonamides is 1. The van der Waals surface area contributed by atoms with E-state index in [1.807, 2.05) is 0 Å². The Bertz CT molecular complexity index is 1190. The van der Waals surface area contributed by atoms with Gasteiger partial charge in [0, 0.05) is 11.6 Å². The van der Waals surface area contributed by atoms with Crippen LogP contribution in [0.5, 0.6) is 0 Å². The van der Waals surface area contributed by atoms with E-state index in [1.165, 1.54) is 36.4 Å². The number of para-hydroxylation sites is 1. The second-order valence-corrected chi connectivity index (χ2v) is 9.18. The minimum absolute atomic E-state index is 0.0440. The number of alkyl halides is 3. The second-order valence-electron chi connectivity index (χ2n) is 6.80. The molecule has 3 rings (SSSR count). The highest BCUT2D eigenvalue weighted by Crippen LogP contribution is 2.34. The van der Waals surface area contributed by atoms with E-state index in [2.05, 4.69) is 5.32 Å². The SMILES string of the molecule is O=C(CN(Cc1ccc(Cl)cc1)S(=O)(=O)c1ccccc1)Nc1ccccc1C(F)(F)F. The van der Waals surface area contributed by atoms with Crippen LogP contribution in [0.25, 0.3) is 0 Å². The molecule has 0 spiro atoms. The zero-order valence-corrected chi connectivity index (χ0v) is 18.1. The van der Waals surface area contributed by atoms with Crippen LogP contribution in [0.2, 0.25) is 5.02 Å². The van der Waals surface area contributed by atoms with Gasteiger partial charge in [0.2, 0.25) is 15.9 Å². The normalized spacial score (nSPS) is 12.0. The van der Waals surface area contributed by atoms with Gasteiger partial charge in [0.15, 0.2) is 0 Å². The first kappa shape index (κ1) is 23.8. The molecule has 0 fully saturated rings. The second kappa shape index (κ2) is 9.72. The number of benzene rings is 3. The topological polar surface area (TPSA) is 66.5 Å². The maximum atomic E-state index is 13.2. The van der Waals surface area contributed by atoms with Crippen molar-refractivity contribution in [2.24, 2.45) is 0 Å². The van der Waals surface area contributed by atoms with Crippen molar-refractivity contribution in [3.05, 3.63) is 95.0 Å². The molecule has 32 heavy (non-hydrogen) atoms. The summed E-state index contributed by atoms with van der Waals surface area (Å²) in [5.74, 6) is -0.907. The van der Waals surface area contributed by atoms with E-state index in [0.717, 1.165) is 16.4 Å². The lowest BCUT2D eigenvalue weighted by Crippen LogP contribution is -2.37. The number of halogens is 4. The van der Waals surface area contributed by atoms with Crippen molar-refractivity contribution < 1.29 is 26.4 Å². The molecule has 0 aliphatic carbocycles. The number of rotatable bonds is 7. The number of amides is 1. The van der Waals surface area contributed by atoms with Gasteiger partial charge in [0.25, 0.3) is 0 Å². The summed E-state index contributed by atoms with van der Waals surface area (Å²) in [5, 5.41) is 2.63. The van der Waals surface area contributed by atoms with Crippen LogP contribution in [0.4, 0.5) is 18.9 Å². The number of carbonyl (C=O) groups excluding carboxylic acids is 1. The van der Waals surface area contributed by atoms with Crippen LogP contribution < -0.4 is 5.32 Å². The molecule has 3 aromatic carbocycles. The summed E-state index contributed by atoms with van der Waals surface area (Å²) in [5.41, 5.74) is -0.922. The molecule has 0 aliphatic rings. The summed E-state index contributed by atoms with van der Waals surface area (Å²) in [7, 11) is -4.12. The highest BCUT2D eigenvalue weighted by molar-refractivity contribution is 7.89. The van der Waals surface area contributed by atoms with Crippen LogP contribution in [-0.2, 0) is 27.5 Å². The molecule has 0 saturated carbocycles. The first-order chi connectivity index (χ1) is 15.1. The Balaban J connectivity index is 1.89. The van der Waals surface area contributed by atoms with Crippen LogP contribution in [0.3, 0.4) is 0 Å². The Labute approximate surface area is 188 Å². The molecular formula is C22H18ClF3N2O3S. The minimum atomic E-state index is -4.68. The Morgan fingerprint density at radius 2 is 1.50 bits per heavy atom. The monoisotopic (exact) mass is 482 g/mol. The smallest absolute Gasteiger partial charge is 0.324 e. The number of nitrogens with zero attached hydrogens (tertiary/aromatic N) is 1. The van der Waals surface area contributed by atoms with Crippen molar-refractivity contribution in [3.8, 4) is 0 Å². The number of hydrogen-bond donors (Lipinski definition) is 1. The molecular weight excluding hydrogens is 465 g/mol. The number of hydrogen-bond acceptors (Lipinski definition) is 3. The lowest BCUT2D eigenvalue weighted by atomic mass is 10.1. The lowest BCUT2D eigenvalue weighted by Gasteiger charge is -2.22. The predicted molar refractivity (Wildman–Crippen MR) is 116 cm³/mol. The van der Waals surface area contributed by atoms with Gasteiger partial charge in [-0.25, -0.2) is 8.42 Å². The summed E-state index contributed by atoms with van der Waals surface area (Å²) >= 11 is 5.87. The third-order valence-corrected chi connectivity index (χ3v) is 6.54. The fourth-order valence-corrected chi connectivity index (χ4v) is 4.48. The average molecular weight is 483 g/mol. The molecule has 0 aliphatic heterocycles. The molecule has 3 aromatic rings. The quantitative estimate of drug-likeness (QED) is 0.504. The van der Waals surface area contributed by atoms with Gasteiger partial charge in [-0.05, 0) is 42.0 Å². The molecule has 0 unspecified atom stereocenters. The van der Waals surface area contributed by atoms with Gasteiger partial charge < -0.3 is 5.32 Å². The number of anilines is 1. The highest BCUT2D eigenvalue weighted by Gasteiger charge is 2.34. The predicted octanol–water partition coefficient (Wildman–Crippen LogP) is 5.19. The summed E-state index contributed by atoms with van der Waals surface area (Å²) in [6.07, 6.45) is -4.68. The van der Waals surface area contributed by atoms with E-state index in [4.69, 9.17) is 11.6 Å². The van der Waals surface area contributed by atoms with Gasteiger partial charge in [0.1, 0.15) is 0 Å². The van der Waals surface area contributed by atoms with Crippen LogP contribution in [-0.4, -0.2) is 25.2 Å². The van der Waals surface area contributed by atoms with Crippen LogP contribution >= 0.6 is 11.6 Å². The van der Waals surface area contributed by atoms with E-state index in [-0.39, 0.29) is 11.4 Å². The zero-order chi connectivity index (χ0) is 23.4. The molecule has 0 heterocycles. The standard InChI is InChI=1S/C22H18ClF3N2O3S/c23-17-12-10-16(11-13-17)14-28(32(30,31)18-6-2-1-3-7-18)15-21(29)27-20-9-5-4-8-19(20)22(24,25)26/h1-13H,14-15H2,(H,27,29). The first-order valence-electron chi connectivity index (χ1n) is 9.33. The van der Waals surface area contributed by atoms with E-state index >= 15 is 0 Å². The molecule has 1 N–H and O–H groups in total. The van der Waals surface area contributed by atoms with Gasteiger partial charge in [-0.3, -0.25) is 4.79 Å². The maximum Gasteiger partial charge on any atom is 0.418 e. The fraction of sp³-hybridized carbons (Fsp3) is 0.136. The molecule has 168 valence electrons. The van der Waals surface area contributed by atoms with Crippen molar-refractivity contribution in [3.63, 3.8) is 0 Å². The lowest BCUT2D eigenvalue weighted by molar-refractivity contribution is -0.137. The van der Waals surface area contributed by atoms with Gasteiger partial charge in [0.05, 0.1) is 22.7 Å². The zero-order valence-electron chi connectivity index (χ0n) is 16.5. The third kappa shape index (κ3) is 5.87. The molecule has 10 heteroatoms. The van der Waals surface area contributed by atoms with Crippen molar-refractivity contribution in [1.29, 1.82) is 0 Å². The third-order valence-electron chi connectivity index (χ3n) is 4.48. The van der Waals surface area contributed by atoms with Crippen molar-refractivity contribution in [1.82, 2.24) is 4.31 Å². The van der Waals surface area contributed by atoms with Crippen molar-refractivity contribution in [2.75, 3.05) is 11.9 Å². The van der Waals surface area contributed by atoms with Crippen LogP contribution in [0.15, 0.2) is 83.8 Å². The van der Waals surface area contributed by atoms with Gasteiger partial charge in [-0.15, -0.1) is 0 Å². The minimum Gasteiger partial charge on any atom is -0.324 e. The maximum absolute atomic E-state index is 13.2. The largest absolute Gasteiger partial charge is 0.418 e. The Hall–Kier alpha value is -2.88. The van der Waals surface area contributed by atoms with Crippen molar-refractivity contribution in [2.45, 2.75) is 17.6 Å². The van der Waals surface area contributed by atoms with E-state index < -0.39 is 39.9 Å². The molecule has 0 bridgehead atoms. The van der Waals surface area contributed by atoms with Crippen molar-refractivity contribution >= 4 is 33.2 Å². The Morgan fingerprint density at radius 1 is 0.906 bits per heavy atom. The molecule has 0 atom stereocenters. The van der Waals surface area contributed by atoms with E-state index in [0.29, 0.717) is 10.6 Å². The van der Waals surface area contributed by atoms with E-state index in [1.54, 1.807) is 30.3 Å². The molecule has 0 saturated heterocycles. The number of carbonyl (C=O) groups is 1. The summed E-state index contributed by atoms with van der Waals surface area (Å²) in [6, 6.07) is 18.3. The summed E-state index contributed by atoms with van der Waals surface area (Å²) in [6.45, 7) is -0.866. The highest BCUT2D eigenvalue weighted by atomic mass is 35.5. The molecule has 0 aromatic heterocycles. The summed E-state index contributed by atoms with van der Waals surface area (Å²) in [4.78, 5) is 12.6. The van der Waals surface area contributed by atoms with E-state index in [9.17, 15) is 26.4 Å². The molecule has 1 amide bonds. The molecule has 5 nitrogen and oxygen atoms in total. The first-order valence-corrected chi connectivity index (χ1v) is 11.1. The Kier molecular flexibility index (Phi) is 7.22. The average Bonchev–Trinajstić information content (AvgIpc) is 2.75. The molecule has 0 radical (unpaired) electrons. The van der Waals surface area contributed by atoms with Gasteiger partial charge in [-0.2, -0.15) is 17.5 Å². The van der Waals surface area contributed by atoms with Crippen LogP contribution in [0.1, 0.15) is 11.1 Å². The summed E-state index contributed by atoms with van der Waals surface area (Å²) < 4.78 is 66.9. The van der Waals surface area contributed by atoms with Crippen LogP contribution in [0, 0.1) is 0 Å². The van der Waals surface area contributed by atoms with Gasteiger partial charge >= 0.3 is 6.18 Å². The van der Waals surface area contributed by atoms with Gasteiger partial charge in [-0.1, -0.05) is 54.1 Å². The fourth-order valence-electron chi connectivity index (χ4n) is 2.95.